The predicted molar refractivity (Wildman–Crippen MR) is 103 cm³/mol. The molecule has 24 heavy (non-hydrogen) atoms. The summed E-state index contributed by atoms with van der Waals surface area (Å²) in [5, 5.41) is 9.70. The number of rotatable bonds is 12. The number of amides is 1. The maximum atomic E-state index is 12.6. The SMILES string of the molecule is CCCCNC(=O)c1c(C)cc(NCCCC)nc1NCCCC. The minimum Gasteiger partial charge on any atom is -0.370 e. The van der Waals surface area contributed by atoms with Crippen LogP contribution in [0.3, 0.4) is 0 Å². The molecule has 0 bridgehead atoms. The van der Waals surface area contributed by atoms with Gasteiger partial charge >= 0.3 is 0 Å². The lowest BCUT2D eigenvalue weighted by Gasteiger charge is -2.16. The molecule has 0 aromatic carbocycles. The van der Waals surface area contributed by atoms with E-state index in [1.54, 1.807) is 0 Å². The highest BCUT2D eigenvalue weighted by atomic mass is 16.1. The molecule has 1 aromatic heterocycles. The second kappa shape index (κ2) is 11.7. The summed E-state index contributed by atoms with van der Waals surface area (Å²) in [4.78, 5) is 17.2. The Morgan fingerprint density at radius 1 is 0.958 bits per heavy atom. The first kappa shape index (κ1) is 20.3. The number of aromatic nitrogens is 1. The van der Waals surface area contributed by atoms with Crippen LogP contribution in [0.2, 0.25) is 0 Å². The maximum Gasteiger partial charge on any atom is 0.255 e. The van der Waals surface area contributed by atoms with Crippen molar-refractivity contribution in [2.24, 2.45) is 0 Å². The Bertz CT molecular complexity index is 502. The fourth-order valence-corrected chi connectivity index (χ4v) is 2.42. The van der Waals surface area contributed by atoms with Crippen molar-refractivity contribution >= 4 is 17.5 Å². The van der Waals surface area contributed by atoms with Crippen molar-refractivity contribution in [3.8, 4) is 0 Å². The molecule has 1 aromatic rings. The van der Waals surface area contributed by atoms with Gasteiger partial charge in [0.15, 0.2) is 0 Å². The van der Waals surface area contributed by atoms with Crippen LogP contribution in [0.5, 0.6) is 0 Å². The Kier molecular flexibility index (Phi) is 9.89. The van der Waals surface area contributed by atoms with Crippen LogP contribution in [0.1, 0.15) is 75.2 Å². The summed E-state index contributed by atoms with van der Waals surface area (Å²) in [6.07, 6.45) is 6.49. The summed E-state index contributed by atoms with van der Waals surface area (Å²) in [6.45, 7) is 10.9. The smallest absolute Gasteiger partial charge is 0.255 e. The van der Waals surface area contributed by atoms with Crippen LogP contribution in [-0.4, -0.2) is 30.5 Å². The summed E-state index contributed by atoms with van der Waals surface area (Å²) in [5.41, 5.74) is 1.63. The highest BCUT2D eigenvalue weighted by molar-refractivity contribution is 6.00. The average Bonchev–Trinajstić information content (AvgIpc) is 2.55. The molecule has 5 heteroatoms. The van der Waals surface area contributed by atoms with Gasteiger partial charge in [-0.2, -0.15) is 0 Å². The van der Waals surface area contributed by atoms with E-state index in [0.717, 1.165) is 63.0 Å². The molecule has 0 saturated heterocycles. The van der Waals surface area contributed by atoms with Crippen LogP contribution < -0.4 is 16.0 Å². The number of nitrogens with zero attached hydrogens (tertiary/aromatic N) is 1. The highest BCUT2D eigenvalue weighted by Crippen LogP contribution is 2.22. The van der Waals surface area contributed by atoms with E-state index in [2.05, 4.69) is 41.7 Å². The highest BCUT2D eigenvalue weighted by Gasteiger charge is 2.17. The first-order valence-electron chi connectivity index (χ1n) is 9.41. The van der Waals surface area contributed by atoms with Crippen molar-refractivity contribution < 1.29 is 4.79 Å². The molecule has 0 aliphatic rings. The zero-order valence-electron chi connectivity index (χ0n) is 15.8. The van der Waals surface area contributed by atoms with Crippen LogP contribution in [0.15, 0.2) is 6.07 Å². The van der Waals surface area contributed by atoms with Crippen molar-refractivity contribution in [3.05, 3.63) is 17.2 Å². The molecule has 0 unspecified atom stereocenters. The minimum atomic E-state index is -0.0347. The molecule has 0 fully saturated rings. The van der Waals surface area contributed by atoms with Crippen molar-refractivity contribution in [1.82, 2.24) is 10.3 Å². The fourth-order valence-electron chi connectivity index (χ4n) is 2.42. The lowest BCUT2D eigenvalue weighted by molar-refractivity contribution is 0.0953. The second-order valence-corrected chi connectivity index (χ2v) is 6.22. The number of unbranched alkanes of at least 4 members (excludes halogenated alkanes) is 3. The standard InChI is InChI=1S/C19H34N4O/c1-5-8-11-20-16-14-15(4)17(19(24)22-13-10-7-3)18(23-16)21-12-9-6-2/h14H,5-13H2,1-4H3,(H,22,24)(H2,20,21,23). The van der Waals surface area contributed by atoms with E-state index in [1.807, 2.05) is 13.0 Å². The molecule has 0 radical (unpaired) electrons. The van der Waals surface area contributed by atoms with Crippen LogP contribution in [0.4, 0.5) is 11.6 Å². The number of aryl methyl sites for hydroxylation is 1. The molecule has 0 aliphatic heterocycles. The van der Waals surface area contributed by atoms with Crippen LogP contribution >= 0.6 is 0 Å². The second-order valence-electron chi connectivity index (χ2n) is 6.22. The van der Waals surface area contributed by atoms with E-state index >= 15 is 0 Å². The van der Waals surface area contributed by atoms with Gasteiger partial charge in [0, 0.05) is 19.6 Å². The molecule has 1 heterocycles. The predicted octanol–water partition coefficient (Wildman–Crippen LogP) is 4.34. The lowest BCUT2D eigenvalue weighted by Crippen LogP contribution is -2.27. The van der Waals surface area contributed by atoms with Gasteiger partial charge in [-0.25, -0.2) is 4.98 Å². The molecule has 0 aliphatic carbocycles. The van der Waals surface area contributed by atoms with Gasteiger partial charge in [-0.1, -0.05) is 40.0 Å². The Morgan fingerprint density at radius 2 is 1.54 bits per heavy atom. The monoisotopic (exact) mass is 334 g/mol. The molecule has 1 amide bonds. The third kappa shape index (κ3) is 6.77. The van der Waals surface area contributed by atoms with E-state index in [0.29, 0.717) is 17.9 Å². The third-order valence-corrected chi connectivity index (χ3v) is 3.92. The van der Waals surface area contributed by atoms with Crippen LogP contribution in [0.25, 0.3) is 0 Å². The topological polar surface area (TPSA) is 66.0 Å². The number of carbonyl (C=O) groups is 1. The Labute approximate surface area is 147 Å². The first-order chi connectivity index (χ1) is 11.6. The Hall–Kier alpha value is -1.78. The zero-order valence-corrected chi connectivity index (χ0v) is 15.8. The van der Waals surface area contributed by atoms with Gasteiger partial charge in [-0.15, -0.1) is 0 Å². The molecule has 1 rings (SSSR count). The van der Waals surface area contributed by atoms with Gasteiger partial charge in [0.1, 0.15) is 11.6 Å². The van der Waals surface area contributed by atoms with Gasteiger partial charge in [0.05, 0.1) is 5.56 Å². The summed E-state index contributed by atoms with van der Waals surface area (Å²) in [7, 11) is 0. The lowest BCUT2D eigenvalue weighted by atomic mass is 10.1. The molecular weight excluding hydrogens is 300 g/mol. The van der Waals surface area contributed by atoms with E-state index in [1.165, 1.54) is 0 Å². The normalized spacial score (nSPS) is 10.5. The number of anilines is 2. The van der Waals surface area contributed by atoms with Gasteiger partial charge in [-0.3, -0.25) is 4.79 Å². The van der Waals surface area contributed by atoms with Crippen molar-refractivity contribution in [2.75, 3.05) is 30.3 Å². The molecular formula is C19H34N4O. The van der Waals surface area contributed by atoms with Crippen LogP contribution in [-0.2, 0) is 0 Å². The summed E-state index contributed by atoms with van der Waals surface area (Å²) >= 11 is 0. The fraction of sp³-hybridized carbons (Fsp3) is 0.684. The first-order valence-corrected chi connectivity index (χ1v) is 9.41. The zero-order chi connectivity index (χ0) is 17.8. The summed E-state index contributed by atoms with van der Waals surface area (Å²) in [5.74, 6) is 1.49. The Balaban J connectivity index is 2.93. The van der Waals surface area contributed by atoms with E-state index in [-0.39, 0.29) is 5.91 Å². The quantitative estimate of drug-likeness (QED) is 0.497. The molecule has 136 valence electrons. The van der Waals surface area contributed by atoms with Crippen LogP contribution in [0, 0.1) is 6.92 Å². The number of nitrogens with one attached hydrogen (secondary N) is 3. The number of hydrogen-bond donors (Lipinski definition) is 3. The van der Waals surface area contributed by atoms with E-state index in [4.69, 9.17) is 0 Å². The maximum absolute atomic E-state index is 12.6. The van der Waals surface area contributed by atoms with E-state index < -0.39 is 0 Å². The van der Waals surface area contributed by atoms with Gasteiger partial charge < -0.3 is 16.0 Å². The van der Waals surface area contributed by atoms with Crippen molar-refractivity contribution in [2.45, 2.75) is 66.2 Å². The molecule has 0 saturated carbocycles. The average molecular weight is 335 g/mol. The molecule has 0 atom stereocenters. The minimum absolute atomic E-state index is 0.0347. The summed E-state index contributed by atoms with van der Waals surface area (Å²) in [6, 6.07) is 1.97. The Morgan fingerprint density at radius 3 is 2.17 bits per heavy atom. The molecule has 5 nitrogen and oxygen atoms in total. The van der Waals surface area contributed by atoms with Crippen molar-refractivity contribution in [1.29, 1.82) is 0 Å². The third-order valence-electron chi connectivity index (χ3n) is 3.92. The number of carbonyl (C=O) groups excluding carboxylic acids is 1. The molecule has 3 N–H and O–H groups in total. The summed E-state index contributed by atoms with van der Waals surface area (Å²) < 4.78 is 0. The number of pyridine rings is 1. The van der Waals surface area contributed by atoms with Gasteiger partial charge in [-0.05, 0) is 37.8 Å². The molecule has 0 spiro atoms. The van der Waals surface area contributed by atoms with Crippen molar-refractivity contribution in [3.63, 3.8) is 0 Å². The largest absolute Gasteiger partial charge is 0.370 e. The van der Waals surface area contributed by atoms with E-state index in [9.17, 15) is 4.79 Å². The van der Waals surface area contributed by atoms with Gasteiger partial charge in [0.25, 0.3) is 5.91 Å². The van der Waals surface area contributed by atoms with Gasteiger partial charge in [0.2, 0.25) is 0 Å². The number of hydrogen-bond acceptors (Lipinski definition) is 4.